The summed E-state index contributed by atoms with van der Waals surface area (Å²) in [5.41, 5.74) is -0.289. The van der Waals surface area contributed by atoms with Crippen molar-refractivity contribution >= 4 is 5.97 Å². The van der Waals surface area contributed by atoms with Crippen LogP contribution in [0.3, 0.4) is 0 Å². The summed E-state index contributed by atoms with van der Waals surface area (Å²) in [5.74, 6) is -0.0374. The van der Waals surface area contributed by atoms with E-state index in [0.29, 0.717) is 11.3 Å². The van der Waals surface area contributed by atoms with Gasteiger partial charge in [-0.15, -0.1) is 0 Å². The highest BCUT2D eigenvalue weighted by Crippen LogP contribution is 2.40. The fourth-order valence-corrected chi connectivity index (χ4v) is 2.34. The molecule has 0 bridgehead atoms. The highest BCUT2D eigenvalue weighted by molar-refractivity contribution is 5.82. The van der Waals surface area contributed by atoms with E-state index >= 15 is 0 Å². The molecule has 0 aromatic heterocycles. The van der Waals surface area contributed by atoms with Gasteiger partial charge in [0.2, 0.25) is 0 Å². The topological polar surface area (TPSA) is 47.6 Å². The molecule has 2 rings (SSSR count). The summed E-state index contributed by atoms with van der Waals surface area (Å²) in [6.07, 6.45) is 1.92. The predicted octanol–water partition coefficient (Wildman–Crippen LogP) is 2.05. The summed E-state index contributed by atoms with van der Waals surface area (Å²) in [6, 6.07) is 4.68. The van der Waals surface area contributed by atoms with Crippen LogP contribution in [0.25, 0.3) is 0 Å². The van der Waals surface area contributed by atoms with Gasteiger partial charge in [-0.2, -0.15) is 0 Å². The fraction of sp³-hybridized carbons (Fsp3) is 0.533. The van der Waals surface area contributed by atoms with E-state index in [2.05, 4.69) is 5.32 Å². The van der Waals surface area contributed by atoms with Gasteiger partial charge in [0.15, 0.2) is 5.54 Å². The number of hydrogen-bond donors (Lipinski definition) is 1. The van der Waals surface area contributed by atoms with E-state index in [-0.39, 0.29) is 24.3 Å². The fourth-order valence-electron chi connectivity index (χ4n) is 2.34. The first-order valence-electron chi connectivity index (χ1n) is 6.70. The van der Waals surface area contributed by atoms with Gasteiger partial charge in [0.05, 0.1) is 7.11 Å². The molecule has 4 nitrogen and oxygen atoms in total. The van der Waals surface area contributed by atoms with Crippen LogP contribution in [0.2, 0.25) is 0 Å². The first-order chi connectivity index (χ1) is 9.53. The number of carbonyl (C=O) groups excluding carboxylic acids is 1. The van der Waals surface area contributed by atoms with E-state index in [1.165, 1.54) is 13.2 Å². The molecule has 1 aromatic rings. The van der Waals surface area contributed by atoms with Gasteiger partial charge in [-0.1, -0.05) is 6.07 Å². The Morgan fingerprint density at radius 2 is 2.20 bits per heavy atom. The number of esters is 1. The first kappa shape index (κ1) is 14.8. The van der Waals surface area contributed by atoms with E-state index < -0.39 is 5.54 Å². The van der Waals surface area contributed by atoms with Crippen LogP contribution in [-0.4, -0.2) is 32.3 Å². The van der Waals surface area contributed by atoms with Crippen LogP contribution < -0.4 is 10.1 Å². The SMILES string of the molecule is CNC(COc1ccc(C)c(F)c1)(C(=O)OC)C1CC1. The maximum absolute atomic E-state index is 13.5. The normalized spacial score (nSPS) is 17.4. The van der Waals surface area contributed by atoms with Crippen LogP contribution >= 0.6 is 0 Å². The zero-order chi connectivity index (χ0) is 14.8. The minimum absolute atomic E-state index is 0.128. The third-order valence-electron chi connectivity index (χ3n) is 3.88. The van der Waals surface area contributed by atoms with Crippen molar-refractivity contribution in [2.24, 2.45) is 5.92 Å². The Balaban J connectivity index is 2.12. The summed E-state index contributed by atoms with van der Waals surface area (Å²) >= 11 is 0. The van der Waals surface area contributed by atoms with Gasteiger partial charge in [0.25, 0.3) is 0 Å². The number of benzene rings is 1. The van der Waals surface area contributed by atoms with E-state index in [4.69, 9.17) is 9.47 Å². The molecule has 1 saturated carbocycles. The number of aryl methyl sites for hydroxylation is 1. The Hall–Kier alpha value is -1.62. The van der Waals surface area contributed by atoms with Crippen molar-refractivity contribution < 1.29 is 18.7 Å². The molecule has 5 heteroatoms. The maximum Gasteiger partial charge on any atom is 0.329 e. The highest BCUT2D eigenvalue weighted by atomic mass is 19.1. The number of halogens is 1. The average molecular weight is 281 g/mol. The first-order valence-corrected chi connectivity index (χ1v) is 6.70. The predicted molar refractivity (Wildman–Crippen MR) is 73.2 cm³/mol. The van der Waals surface area contributed by atoms with Crippen LogP contribution in [0.15, 0.2) is 18.2 Å². The highest BCUT2D eigenvalue weighted by Gasteiger charge is 2.51. The number of nitrogens with one attached hydrogen (secondary N) is 1. The van der Waals surface area contributed by atoms with Crippen molar-refractivity contribution in [3.63, 3.8) is 0 Å². The number of hydrogen-bond acceptors (Lipinski definition) is 4. The van der Waals surface area contributed by atoms with Crippen LogP contribution in [0.1, 0.15) is 18.4 Å². The van der Waals surface area contributed by atoms with Gasteiger partial charge in [-0.25, -0.2) is 9.18 Å². The molecular formula is C15H20FNO3. The number of likely N-dealkylation sites (N-methyl/N-ethyl adjacent to an activating group) is 1. The lowest BCUT2D eigenvalue weighted by Crippen LogP contribution is -2.57. The van der Waals surface area contributed by atoms with Gasteiger partial charge < -0.3 is 14.8 Å². The van der Waals surface area contributed by atoms with Gasteiger partial charge in [0, 0.05) is 6.07 Å². The monoisotopic (exact) mass is 281 g/mol. The van der Waals surface area contributed by atoms with Gasteiger partial charge >= 0.3 is 5.97 Å². The lowest BCUT2D eigenvalue weighted by molar-refractivity contribution is -0.151. The molecule has 1 fully saturated rings. The minimum Gasteiger partial charge on any atom is -0.491 e. The molecule has 0 saturated heterocycles. The molecule has 0 heterocycles. The second kappa shape index (κ2) is 5.79. The van der Waals surface area contributed by atoms with Crippen molar-refractivity contribution in [2.75, 3.05) is 20.8 Å². The van der Waals surface area contributed by atoms with Crippen molar-refractivity contribution in [3.8, 4) is 5.75 Å². The molecule has 1 atom stereocenters. The molecule has 1 aliphatic carbocycles. The van der Waals surface area contributed by atoms with Gasteiger partial charge in [-0.05, 0) is 44.4 Å². The second-order valence-corrected chi connectivity index (χ2v) is 5.19. The van der Waals surface area contributed by atoms with Crippen LogP contribution in [0, 0.1) is 18.7 Å². The standard InChI is InChI=1S/C15H20FNO3/c1-10-4-7-12(8-13(10)16)20-9-15(17-2,11-5-6-11)14(18)19-3/h4,7-8,11,17H,5-6,9H2,1-3H3. The maximum atomic E-state index is 13.5. The van der Waals surface area contributed by atoms with Crippen molar-refractivity contribution in [3.05, 3.63) is 29.6 Å². The van der Waals surface area contributed by atoms with Crippen molar-refractivity contribution in [1.82, 2.24) is 5.32 Å². The third-order valence-corrected chi connectivity index (χ3v) is 3.88. The zero-order valence-electron chi connectivity index (χ0n) is 12.0. The summed E-state index contributed by atoms with van der Waals surface area (Å²) < 4.78 is 24.0. The number of carbonyl (C=O) groups is 1. The Kier molecular flexibility index (Phi) is 4.28. The van der Waals surface area contributed by atoms with Crippen molar-refractivity contribution in [1.29, 1.82) is 0 Å². The smallest absolute Gasteiger partial charge is 0.329 e. The zero-order valence-corrected chi connectivity index (χ0v) is 12.0. The lowest BCUT2D eigenvalue weighted by atomic mass is 9.94. The molecule has 110 valence electrons. The van der Waals surface area contributed by atoms with Crippen LogP contribution in [-0.2, 0) is 9.53 Å². The van der Waals surface area contributed by atoms with Crippen molar-refractivity contribution in [2.45, 2.75) is 25.3 Å². The molecule has 1 N–H and O–H groups in total. The minimum atomic E-state index is -0.851. The number of ether oxygens (including phenoxy) is 2. The van der Waals surface area contributed by atoms with Crippen LogP contribution in [0.4, 0.5) is 4.39 Å². The summed E-state index contributed by atoms with van der Waals surface area (Å²) in [5, 5.41) is 3.03. The molecule has 0 spiro atoms. The summed E-state index contributed by atoms with van der Waals surface area (Å²) in [6.45, 7) is 1.82. The molecule has 20 heavy (non-hydrogen) atoms. The molecule has 1 unspecified atom stereocenters. The molecule has 0 radical (unpaired) electrons. The molecule has 0 aliphatic heterocycles. The Bertz CT molecular complexity index is 502. The van der Waals surface area contributed by atoms with E-state index in [9.17, 15) is 9.18 Å². The van der Waals surface area contributed by atoms with Gasteiger partial charge in [0.1, 0.15) is 18.2 Å². The summed E-state index contributed by atoms with van der Waals surface area (Å²) in [7, 11) is 3.08. The molecule has 1 aliphatic rings. The Morgan fingerprint density at radius 1 is 1.50 bits per heavy atom. The van der Waals surface area contributed by atoms with E-state index in [0.717, 1.165) is 12.8 Å². The average Bonchev–Trinajstić information content (AvgIpc) is 3.28. The van der Waals surface area contributed by atoms with E-state index in [1.807, 2.05) is 0 Å². The molecular weight excluding hydrogens is 261 g/mol. The Morgan fingerprint density at radius 3 is 2.70 bits per heavy atom. The molecule has 1 aromatic carbocycles. The van der Waals surface area contributed by atoms with E-state index in [1.54, 1.807) is 26.1 Å². The number of methoxy groups -OCH3 is 1. The number of rotatable bonds is 6. The summed E-state index contributed by atoms with van der Waals surface area (Å²) in [4.78, 5) is 12.0. The largest absolute Gasteiger partial charge is 0.491 e. The second-order valence-electron chi connectivity index (χ2n) is 5.19. The molecule has 0 amide bonds. The quantitative estimate of drug-likeness (QED) is 0.811. The lowest BCUT2D eigenvalue weighted by Gasteiger charge is -2.30. The van der Waals surface area contributed by atoms with Gasteiger partial charge in [-0.3, -0.25) is 0 Å². The third kappa shape index (κ3) is 2.77. The van der Waals surface area contributed by atoms with Crippen LogP contribution in [0.5, 0.6) is 5.75 Å². The Labute approximate surface area is 118 Å².